The highest BCUT2D eigenvalue weighted by molar-refractivity contribution is 5.87. The van der Waals surface area contributed by atoms with Crippen LogP contribution in [0.1, 0.15) is 25.1 Å². The summed E-state index contributed by atoms with van der Waals surface area (Å²) in [4.78, 5) is 29.2. The summed E-state index contributed by atoms with van der Waals surface area (Å²) >= 11 is 0. The molecule has 8 heteroatoms. The van der Waals surface area contributed by atoms with Gasteiger partial charge in [0.25, 0.3) is 0 Å². The molecule has 0 saturated carbocycles. The maximum absolute atomic E-state index is 12.7. The summed E-state index contributed by atoms with van der Waals surface area (Å²) in [6.07, 6.45) is 6.49. The van der Waals surface area contributed by atoms with Crippen LogP contribution < -0.4 is 10.2 Å². The predicted molar refractivity (Wildman–Crippen MR) is 96.7 cm³/mol. The topological polar surface area (TPSA) is 79.2 Å². The van der Waals surface area contributed by atoms with Crippen molar-refractivity contribution in [3.05, 3.63) is 30.5 Å². The molecule has 25 heavy (non-hydrogen) atoms. The molecule has 2 aromatic heterocycles. The Bertz CT molecular complexity index is 729. The highest BCUT2D eigenvalue weighted by Crippen LogP contribution is 2.27. The number of hydrogen-bond donors (Lipinski definition) is 1. The number of anilines is 2. The number of carbonyl (C=O) groups excluding carboxylic acids is 1. The zero-order valence-electron chi connectivity index (χ0n) is 15.2. The second-order valence-corrected chi connectivity index (χ2v) is 6.80. The number of carbonyl (C=O) groups is 1. The highest BCUT2D eigenvalue weighted by atomic mass is 16.2. The van der Waals surface area contributed by atoms with E-state index < -0.39 is 0 Å². The van der Waals surface area contributed by atoms with Gasteiger partial charge in [-0.1, -0.05) is 6.92 Å². The van der Waals surface area contributed by atoms with Crippen LogP contribution in [0.25, 0.3) is 0 Å². The number of imidazole rings is 1. The van der Waals surface area contributed by atoms with Crippen molar-refractivity contribution in [3.63, 3.8) is 0 Å². The number of nitrogens with one attached hydrogen (secondary N) is 1. The number of aryl methyl sites for hydroxylation is 1. The summed E-state index contributed by atoms with van der Waals surface area (Å²) < 4.78 is 2.08. The minimum atomic E-state index is -0.160. The van der Waals surface area contributed by atoms with Gasteiger partial charge in [0, 0.05) is 51.3 Å². The maximum atomic E-state index is 12.7. The van der Waals surface area contributed by atoms with Crippen LogP contribution in [0.5, 0.6) is 0 Å². The second kappa shape index (κ2) is 7.08. The van der Waals surface area contributed by atoms with E-state index in [1.165, 1.54) is 0 Å². The molecule has 1 aliphatic rings. The van der Waals surface area contributed by atoms with E-state index in [9.17, 15) is 4.79 Å². The number of hydrogen-bond acceptors (Lipinski definition) is 5. The summed E-state index contributed by atoms with van der Waals surface area (Å²) in [7, 11) is 3.82. The van der Waals surface area contributed by atoms with E-state index in [0.717, 1.165) is 24.5 Å². The van der Waals surface area contributed by atoms with Crippen molar-refractivity contribution in [2.75, 3.05) is 37.4 Å². The smallest absolute Gasteiger partial charge is 0.324 e. The van der Waals surface area contributed by atoms with Crippen LogP contribution in [0.4, 0.5) is 16.6 Å². The average Bonchev–Trinajstić information content (AvgIpc) is 3.08. The molecule has 2 amide bonds. The van der Waals surface area contributed by atoms with Crippen LogP contribution in [-0.2, 0) is 0 Å². The number of nitrogens with zero attached hydrogens (tertiary/aromatic N) is 6. The number of amides is 2. The van der Waals surface area contributed by atoms with Gasteiger partial charge in [0.05, 0.1) is 12.4 Å². The van der Waals surface area contributed by atoms with Crippen molar-refractivity contribution in [1.82, 2.24) is 24.4 Å². The van der Waals surface area contributed by atoms with Gasteiger partial charge in [0.2, 0.25) is 5.95 Å². The zero-order valence-corrected chi connectivity index (χ0v) is 15.2. The molecule has 1 N–H and O–H groups in total. The van der Waals surface area contributed by atoms with Crippen LogP contribution in [-0.4, -0.2) is 57.6 Å². The Morgan fingerprint density at radius 1 is 1.36 bits per heavy atom. The molecule has 2 aromatic rings. The minimum absolute atomic E-state index is 0.160. The fourth-order valence-corrected chi connectivity index (χ4v) is 3.10. The first-order valence-electron chi connectivity index (χ1n) is 8.50. The van der Waals surface area contributed by atoms with Gasteiger partial charge in [-0.15, -0.1) is 0 Å². The monoisotopic (exact) mass is 343 g/mol. The van der Waals surface area contributed by atoms with Crippen molar-refractivity contribution in [2.24, 2.45) is 5.92 Å². The third-order valence-electron chi connectivity index (χ3n) is 4.63. The Hall–Kier alpha value is -2.64. The molecule has 0 bridgehead atoms. The molecule has 1 saturated heterocycles. The Kier molecular flexibility index (Phi) is 4.87. The molecule has 1 fully saturated rings. The molecular formula is C17H25N7O. The summed E-state index contributed by atoms with van der Waals surface area (Å²) in [6.45, 7) is 5.48. The summed E-state index contributed by atoms with van der Waals surface area (Å²) in [5.74, 6) is 1.60. The fraction of sp³-hybridized carbons (Fsp3) is 0.529. The van der Waals surface area contributed by atoms with Gasteiger partial charge in [0.15, 0.2) is 0 Å². The van der Waals surface area contributed by atoms with Crippen LogP contribution >= 0.6 is 0 Å². The van der Waals surface area contributed by atoms with Gasteiger partial charge in [-0.05, 0) is 19.3 Å². The van der Waals surface area contributed by atoms with Crippen LogP contribution in [0, 0.1) is 12.8 Å². The minimum Gasteiger partial charge on any atom is -0.363 e. The first-order chi connectivity index (χ1) is 11.9. The van der Waals surface area contributed by atoms with Crippen molar-refractivity contribution in [3.8, 4) is 0 Å². The zero-order chi connectivity index (χ0) is 18.0. The van der Waals surface area contributed by atoms with Crippen LogP contribution in [0.2, 0.25) is 0 Å². The summed E-state index contributed by atoms with van der Waals surface area (Å²) in [5, 5.41) is 2.84. The molecule has 0 radical (unpaired) electrons. The third-order valence-corrected chi connectivity index (χ3v) is 4.63. The van der Waals surface area contributed by atoms with Crippen LogP contribution in [0.3, 0.4) is 0 Å². The molecule has 2 atom stereocenters. The molecule has 3 rings (SSSR count). The van der Waals surface area contributed by atoms with Crippen LogP contribution in [0.15, 0.2) is 24.8 Å². The molecule has 0 aliphatic carbocycles. The Morgan fingerprint density at radius 2 is 2.16 bits per heavy atom. The molecule has 0 unspecified atom stereocenters. The van der Waals surface area contributed by atoms with Gasteiger partial charge in [-0.2, -0.15) is 4.98 Å². The van der Waals surface area contributed by atoms with Gasteiger partial charge in [-0.3, -0.25) is 5.32 Å². The lowest BCUT2D eigenvalue weighted by Gasteiger charge is -2.37. The lowest BCUT2D eigenvalue weighted by Crippen LogP contribution is -2.45. The lowest BCUT2D eigenvalue weighted by atomic mass is 9.93. The van der Waals surface area contributed by atoms with Gasteiger partial charge in [0.1, 0.15) is 5.82 Å². The Labute approximate surface area is 147 Å². The van der Waals surface area contributed by atoms with Gasteiger partial charge in [-0.25, -0.2) is 14.8 Å². The normalized spacial score (nSPS) is 20.4. The quantitative estimate of drug-likeness (QED) is 0.924. The third kappa shape index (κ3) is 3.89. The van der Waals surface area contributed by atoms with Gasteiger partial charge >= 0.3 is 6.03 Å². The van der Waals surface area contributed by atoms with E-state index in [4.69, 9.17) is 0 Å². The molecule has 8 nitrogen and oxygen atoms in total. The molecule has 0 spiro atoms. The number of urea groups is 1. The fourth-order valence-electron chi connectivity index (χ4n) is 3.10. The second-order valence-electron chi connectivity index (χ2n) is 6.80. The average molecular weight is 343 g/mol. The number of aromatic nitrogens is 4. The highest BCUT2D eigenvalue weighted by Gasteiger charge is 2.30. The molecule has 134 valence electrons. The van der Waals surface area contributed by atoms with E-state index in [-0.39, 0.29) is 12.1 Å². The Balaban J connectivity index is 1.71. The van der Waals surface area contributed by atoms with E-state index in [2.05, 4.69) is 31.8 Å². The SMILES string of the molecule is Cc1cc(N(C)C)nc(NC(=O)N2CC[C@H](C)[C@@H](n3ccnc3)C2)n1. The molecular weight excluding hydrogens is 318 g/mol. The van der Waals surface area contributed by atoms with Crippen molar-refractivity contribution in [2.45, 2.75) is 26.3 Å². The molecule has 1 aliphatic heterocycles. The van der Waals surface area contributed by atoms with Crippen molar-refractivity contribution >= 4 is 17.8 Å². The van der Waals surface area contributed by atoms with E-state index >= 15 is 0 Å². The largest absolute Gasteiger partial charge is 0.363 e. The molecule has 0 aromatic carbocycles. The van der Waals surface area contributed by atoms with Gasteiger partial charge < -0.3 is 14.4 Å². The van der Waals surface area contributed by atoms with E-state index in [1.807, 2.05) is 49.4 Å². The summed E-state index contributed by atoms with van der Waals surface area (Å²) in [5.41, 5.74) is 0.817. The number of rotatable bonds is 3. The molecule has 3 heterocycles. The number of piperidine rings is 1. The maximum Gasteiger partial charge on any atom is 0.324 e. The van der Waals surface area contributed by atoms with E-state index in [0.29, 0.717) is 18.4 Å². The van der Waals surface area contributed by atoms with Crippen molar-refractivity contribution < 1.29 is 4.79 Å². The lowest BCUT2D eigenvalue weighted by molar-refractivity contribution is 0.149. The first kappa shape index (κ1) is 17.2. The van der Waals surface area contributed by atoms with E-state index in [1.54, 1.807) is 6.20 Å². The summed E-state index contributed by atoms with van der Waals surface area (Å²) in [6, 6.07) is 1.96. The predicted octanol–water partition coefficient (Wildman–Crippen LogP) is 2.16. The first-order valence-corrected chi connectivity index (χ1v) is 8.50. The Morgan fingerprint density at radius 3 is 2.84 bits per heavy atom. The number of likely N-dealkylation sites (tertiary alicyclic amines) is 1. The van der Waals surface area contributed by atoms with Crippen molar-refractivity contribution in [1.29, 1.82) is 0 Å². The standard InChI is InChI=1S/C17H25N7O/c1-12-5-7-23(10-14(12)24-8-6-18-11-24)17(25)21-16-19-13(2)9-15(20-16)22(3)4/h6,8-9,11-12,14H,5,7,10H2,1-4H3,(H,19,20,21,25)/t12-,14-/m0/s1.